The number of Topliss-reactive ketones (excluding diaryl/α,β-unsaturated/α-hetero) is 1. The summed E-state index contributed by atoms with van der Waals surface area (Å²) >= 11 is 1.79. The Morgan fingerprint density at radius 3 is 3.00 bits per heavy atom. The molecule has 0 radical (unpaired) electrons. The van der Waals surface area contributed by atoms with Gasteiger partial charge in [0.15, 0.2) is 0 Å². The summed E-state index contributed by atoms with van der Waals surface area (Å²) in [6.07, 6.45) is 8.46. The maximum Gasteiger partial charge on any atom is 0.149 e. The second-order valence-electron chi connectivity index (χ2n) is 3.31. The lowest BCUT2D eigenvalue weighted by Gasteiger charge is -2.19. The van der Waals surface area contributed by atoms with Gasteiger partial charge < -0.3 is 0 Å². The molecule has 0 aromatic rings. The van der Waals surface area contributed by atoms with Crippen molar-refractivity contribution in [1.29, 1.82) is 0 Å². The molecule has 1 atom stereocenters. The first-order valence-electron chi connectivity index (χ1n) is 4.30. The number of carbonyl (C=O) groups is 1. The fraction of sp³-hybridized carbons (Fsp3) is 0.700. The van der Waals surface area contributed by atoms with Crippen molar-refractivity contribution >= 4 is 17.5 Å². The molecule has 1 heterocycles. The molecule has 0 amide bonds. The van der Waals surface area contributed by atoms with Crippen LogP contribution in [0.4, 0.5) is 0 Å². The average molecular weight is 182 g/mol. The topological polar surface area (TPSA) is 17.1 Å². The lowest BCUT2D eigenvalue weighted by atomic mass is 9.97. The highest BCUT2D eigenvalue weighted by Gasteiger charge is 2.35. The minimum Gasteiger partial charge on any atom is -0.298 e. The van der Waals surface area contributed by atoms with Gasteiger partial charge in [0.25, 0.3) is 0 Å². The summed E-state index contributed by atoms with van der Waals surface area (Å²) in [7, 11) is 0. The van der Waals surface area contributed by atoms with Crippen molar-refractivity contribution in [2.24, 2.45) is 0 Å². The molecule has 1 fully saturated rings. The molecule has 0 spiro atoms. The highest BCUT2D eigenvalue weighted by molar-refractivity contribution is 8.01. The third-order valence-corrected chi connectivity index (χ3v) is 3.87. The van der Waals surface area contributed by atoms with Crippen molar-refractivity contribution in [1.82, 2.24) is 0 Å². The minimum atomic E-state index is -0.114. The molecule has 0 aromatic carbocycles. The Hall–Kier alpha value is -0.420. The van der Waals surface area contributed by atoms with E-state index in [1.807, 2.05) is 6.92 Å². The van der Waals surface area contributed by atoms with Gasteiger partial charge in [-0.05, 0) is 25.5 Å². The van der Waals surface area contributed by atoms with E-state index >= 15 is 0 Å². The largest absolute Gasteiger partial charge is 0.298 e. The Bertz CT molecular complexity index is 208. The molecule has 0 aliphatic carbocycles. The molecule has 0 aromatic heterocycles. The number of terminal acetylenes is 1. The summed E-state index contributed by atoms with van der Waals surface area (Å²) < 4.78 is -0.114. The van der Waals surface area contributed by atoms with Crippen LogP contribution < -0.4 is 0 Å². The molecule has 0 bridgehead atoms. The SMILES string of the molecule is C#CCCC(=O)C1(C)CCCS1. The summed E-state index contributed by atoms with van der Waals surface area (Å²) in [5, 5.41) is 0. The molecule has 1 aliphatic heterocycles. The first kappa shape index (κ1) is 9.67. The van der Waals surface area contributed by atoms with Crippen LogP contribution >= 0.6 is 11.8 Å². The highest BCUT2D eigenvalue weighted by Crippen LogP contribution is 2.39. The molecular weight excluding hydrogens is 168 g/mol. The Balaban J connectivity index is 2.45. The minimum absolute atomic E-state index is 0.114. The van der Waals surface area contributed by atoms with E-state index in [-0.39, 0.29) is 4.75 Å². The Morgan fingerprint density at radius 2 is 2.50 bits per heavy atom. The van der Waals surface area contributed by atoms with E-state index in [9.17, 15) is 4.79 Å². The van der Waals surface area contributed by atoms with Crippen molar-refractivity contribution in [3.05, 3.63) is 0 Å². The van der Waals surface area contributed by atoms with Crippen LogP contribution in [0, 0.1) is 12.3 Å². The summed E-state index contributed by atoms with van der Waals surface area (Å²) in [6, 6.07) is 0. The third-order valence-electron chi connectivity index (χ3n) is 2.31. The number of hydrogen-bond donors (Lipinski definition) is 0. The maximum atomic E-state index is 11.6. The van der Waals surface area contributed by atoms with Crippen LogP contribution in [0.3, 0.4) is 0 Å². The van der Waals surface area contributed by atoms with Crippen LogP contribution in [0.5, 0.6) is 0 Å². The number of carbonyl (C=O) groups excluding carboxylic acids is 1. The predicted molar refractivity (Wildman–Crippen MR) is 53.2 cm³/mol. The molecule has 2 heteroatoms. The number of hydrogen-bond acceptors (Lipinski definition) is 2. The zero-order chi connectivity index (χ0) is 9.03. The van der Waals surface area contributed by atoms with Gasteiger partial charge in [-0.3, -0.25) is 4.79 Å². The van der Waals surface area contributed by atoms with Gasteiger partial charge in [-0.15, -0.1) is 24.1 Å². The Labute approximate surface area is 78.3 Å². The average Bonchev–Trinajstić information content (AvgIpc) is 2.49. The lowest BCUT2D eigenvalue weighted by Crippen LogP contribution is -2.28. The number of thioether (sulfide) groups is 1. The van der Waals surface area contributed by atoms with Gasteiger partial charge in [0, 0.05) is 12.8 Å². The van der Waals surface area contributed by atoms with E-state index in [1.54, 1.807) is 11.8 Å². The molecule has 1 aliphatic rings. The van der Waals surface area contributed by atoms with Gasteiger partial charge >= 0.3 is 0 Å². The van der Waals surface area contributed by atoms with Gasteiger partial charge in [-0.25, -0.2) is 0 Å². The second-order valence-corrected chi connectivity index (χ2v) is 4.91. The van der Waals surface area contributed by atoms with E-state index in [4.69, 9.17) is 6.42 Å². The van der Waals surface area contributed by atoms with Crippen molar-refractivity contribution in [3.8, 4) is 12.3 Å². The van der Waals surface area contributed by atoms with Gasteiger partial charge in [-0.2, -0.15) is 0 Å². The van der Waals surface area contributed by atoms with Crippen molar-refractivity contribution in [2.75, 3.05) is 5.75 Å². The van der Waals surface area contributed by atoms with Crippen LogP contribution in [-0.2, 0) is 4.79 Å². The summed E-state index contributed by atoms with van der Waals surface area (Å²) in [6.45, 7) is 2.05. The molecule has 1 unspecified atom stereocenters. The highest BCUT2D eigenvalue weighted by atomic mass is 32.2. The van der Waals surface area contributed by atoms with E-state index in [0.29, 0.717) is 18.6 Å². The summed E-state index contributed by atoms with van der Waals surface area (Å²) in [4.78, 5) is 11.6. The van der Waals surface area contributed by atoms with Crippen LogP contribution in [0.2, 0.25) is 0 Å². The zero-order valence-corrected chi connectivity index (χ0v) is 8.25. The van der Waals surface area contributed by atoms with Crippen LogP contribution in [0.15, 0.2) is 0 Å². The van der Waals surface area contributed by atoms with E-state index in [0.717, 1.165) is 12.2 Å². The zero-order valence-electron chi connectivity index (χ0n) is 7.43. The standard InChI is InChI=1S/C10H14OS/c1-3-4-6-9(11)10(2)7-5-8-12-10/h1H,4-8H2,2H3. The van der Waals surface area contributed by atoms with Crippen molar-refractivity contribution in [2.45, 2.75) is 37.4 Å². The lowest BCUT2D eigenvalue weighted by molar-refractivity contribution is -0.120. The number of ketones is 1. The van der Waals surface area contributed by atoms with Gasteiger partial charge in [0.05, 0.1) is 4.75 Å². The second kappa shape index (κ2) is 4.00. The van der Waals surface area contributed by atoms with Gasteiger partial charge in [0.1, 0.15) is 5.78 Å². The van der Waals surface area contributed by atoms with Crippen LogP contribution in [0.25, 0.3) is 0 Å². The Kier molecular flexibility index (Phi) is 3.22. The summed E-state index contributed by atoms with van der Waals surface area (Å²) in [5.74, 6) is 3.97. The third kappa shape index (κ3) is 2.04. The smallest absolute Gasteiger partial charge is 0.149 e. The molecule has 1 rings (SSSR count). The van der Waals surface area contributed by atoms with Crippen molar-refractivity contribution in [3.63, 3.8) is 0 Å². The van der Waals surface area contributed by atoms with Gasteiger partial charge in [0.2, 0.25) is 0 Å². The monoisotopic (exact) mass is 182 g/mol. The normalized spacial score (nSPS) is 28.3. The fourth-order valence-electron chi connectivity index (χ4n) is 1.45. The molecule has 1 nitrogen and oxygen atoms in total. The van der Waals surface area contributed by atoms with Crippen LogP contribution in [-0.4, -0.2) is 16.3 Å². The van der Waals surface area contributed by atoms with E-state index in [2.05, 4.69) is 5.92 Å². The molecule has 1 saturated heterocycles. The van der Waals surface area contributed by atoms with Gasteiger partial charge in [-0.1, -0.05) is 0 Å². The first-order chi connectivity index (χ1) is 5.69. The molecule has 0 saturated carbocycles. The molecular formula is C10H14OS. The molecule has 0 N–H and O–H groups in total. The summed E-state index contributed by atoms with van der Waals surface area (Å²) in [5.41, 5.74) is 0. The van der Waals surface area contributed by atoms with Crippen molar-refractivity contribution < 1.29 is 4.79 Å². The van der Waals surface area contributed by atoms with E-state index in [1.165, 1.54) is 6.42 Å². The molecule has 66 valence electrons. The first-order valence-corrected chi connectivity index (χ1v) is 5.28. The van der Waals surface area contributed by atoms with Crippen LogP contribution in [0.1, 0.15) is 32.6 Å². The maximum absolute atomic E-state index is 11.6. The number of rotatable bonds is 3. The predicted octanol–water partition coefficient (Wildman–Crippen LogP) is 2.25. The van der Waals surface area contributed by atoms with E-state index < -0.39 is 0 Å². The quantitative estimate of drug-likeness (QED) is 0.623. The fourth-order valence-corrected chi connectivity index (χ4v) is 2.74. The molecule has 12 heavy (non-hydrogen) atoms. The Morgan fingerprint density at radius 1 is 1.75 bits per heavy atom.